The van der Waals surface area contributed by atoms with E-state index in [1.54, 1.807) is 0 Å². The third kappa shape index (κ3) is 2.57. The molecule has 0 spiro atoms. The molecule has 0 unspecified atom stereocenters. The number of halogens is 2. The van der Waals surface area contributed by atoms with Crippen molar-refractivity contribution in [1.82, 2.24) is 4.90 Å². The minimum Gasteiger partial charge on any atom is -0.396 e. The summed E-state index contributed by atoms with van der Waals surface area (Å²) in [6.45, 7) is 2.18. The molecule has 0 radical (unpaired) electrons. The van der Waals surface area contributed by atoms with Crippen LogP contribution < -0.4 is 0 Å². The Balaban J connectivity index is 2.01. The molecule has 1 fully saturated rings. The number of rotatable bonds is 3. The molecule has 0 amide bonds. The monoisotopic (exact) mass is 227 g/mol. The molecule has 1 heterocycles. The quantitative estimate of drug-likeness (QED) is 0.850. The number of hydrogen-bond donors (Lipinski definition) is 1. The van der Waals surface area contributed by atoms with Gasteiger partial charge in [-0.3, -0.25) is 4.90 Å². The molecule has 16 heavy (non-hydrogen) atoms. The van der Waals surface area contributed by atoms with Crippen molar-refractivity contribution in [2.45, 2.75) is 13.0 Å². The van der Waals surface area contributed by atoms with Gasteiger partial charge in [-0.1, -0.05) is 0 Å². The van der Waals surface area contributed by atoms with Crippen LogP contribution in [0.1, 0.15) is 12.0 Å². The van der Waals surface area contributed by atoms with E-state index in [2.05, 4.69) is 0 Å². The first-order valence-electron chi connectivity index (χ1n) is 5.46. The largest absolute Gasteiger partial charge is 0.396 e. The van der Waals surface area contributed by atoms with Crippen molar-refractivity contribution in [3.05, 3.63) is 35.4 Å². The van der Waals surface area contributed by atoms with Gasteiger partial charge in [0.15, 0.2) is 0 Å². The maximum absolute atomic E-state index is 13.4. The first kappa shape index (κ1) is 11.5. The smallest absolute Gasteiger partial charge is 0.127 e. The van der Waals surface area contributed by atoms with Crippen molar-refractivity contribution in [1.29, 1.82) is 0 Å². The summed E-state index contributed by atoms with van der Waals surface area (Å²) < 4.78 is 26.3. The lowest BCUT2D eigenvalue weighted by Gasteiger charge is -2.16. The predicted molar refractivity (Wildman–Crippen MR) is 56.8 cm³/mol. The van der Waals surface area contributed by atoms with E-state index in [0.29, 0.717) is 12.1 Å². The molecule has 1 aliphatic rings. The molecule has 2 rings (SSSR count). The Morgan fingerprint density at radius 1 is 1.38 bits per heavy atom. The predicted octanol–water partition coefficient (Wildman–Crippen LogP) is 1.78. The molecular weight excluding hydrogens is 212 g/mol. The van der Waals surface area contributed by atoms with E-state index in [1.807, 2.05) is 4.90 Å². The lowest BCUT2D eigenvalue weighted by Crippen LogP contribution is -2.21. The fourth-order valence-corrected chi connectivity index (χ4v) is 2.11. The van der Waals surface area contributed by atoms with Crippen LogP contribution in [-0.4, -0.2) is 29.7 Å². The van der Waals surface area contributed by atoms with Crippen LogP contribution in [0.2, 0.25) is 0 Å². The Labute approximate surface area is 93.5 Å². The van der Waals surface area contributed by atoms with Crippen molar-refractivity contribution in [2.75, 3.05) is 19.7 Å². The molecule has 1 saturated heterocycles. The van der Waals surface area contributed by atoms with Crippen LogP contribution in [0.3, 0.4) is 0 Å². The molecule has 1 aromatic carbocycles. The summed E-state index contributed by atoms with van der Waals surface area (Å²) in [5, 5.41) is 8.99. The van der Waals surface area contributed by atoms with Gasteiger partial charge in [-0.25, -0.2) is 8.78 Å². The molecule has 2 nitrogen and oxygen atoms in total. The van der Waals surface area contributed by atoms with Crippen LogP contribution in [0, 0.1) is 17.6 Å². The molecule has 0 aliphatic carbocycles. The summed E-state index contributed by atoms with van der Waals surface area (Å²) in [6, 6.07) is 3.52. The standard InChI is InChI=1S/C12H15F2NO/c13-11-1-2-12(14)10(5-11)7-15-4-3-9(6-15)8-16/h1-2,5,9,16H,3-4,6-8H2/t9-/m1/s1. The lowest BCUT2D eigenvalue weighted by atomic mass is 10.1. The minimum atomic E-state index is -0.408. The summed E-state index contributed by atoms with van der Waals surface area (Å²) in [6.07, 6.45) is 0.924. The Morgan fingerprint density at radius 3 is 2.88 bits per heavy atom. The Hall–Kier alpha value is -1.00. The molecule has 1 atom stereocenters. The first-order valence-corrected chi connectivity index (χ1v) is 5.46. The van der Waals surface area contributed by atoms with Gasteiger partial charge in [-0.2, -0.15) is 0 Å². The van der Waals surface area contributed by atoms with Crippen molar-refractivity contribution in [3.8, 4) is 0 Å². The van der Waals surface area contributed by atoms with Gasteiger partial charge in [0.2, 0.25) is 0 Å². The molecule has 0 bridgehead atoms. The fraction of sp³-hybridized carbons (Fsp3) is 0.500. The van der Waals surface area contributed by atoms with E-state index < -0.39 is 5.82 Å². The van der Waals surface area contributed by atoms with E-state index in [4.69, 9.17) is 5.11 Å². The highest BCUT2D eigenvalue weighted by Crippen LogP contribution is 2.19. The summed E-state index contributed by atoms with van der Waals surface area (Å²) in [7, 11) is 0. The molecule has 88 valence electrons. The second-order valence-corrected chi connectivity index (χ2v) is 4.31. The third-order valence-electron chi connectivity index (χ3n) is 3.03. The molecule has 1 aliphatic heterocycles. The van der Waals surface area contributed by atoms with Crippen molar-refractivity contribution >= 4 is 0 Å². The van der Waals surface area contributed by atoms with Crippen LogP contribution in [-0.2, 0) is 6.54 Å². The summed E-state index contributed by atoms with van der Waals surface area (Å²) in [5.41, 5.74) is 0.388. The topological polar surface area (TPSA) is 23.5 Å². The number of likely N-dealkylation sites (tertiary alicyclic amines) is 1. The van der Waals surface area contributed by atoms with Gasteiger partial charge in [0.05, 0.1) is 0 Å². The summed E-state index contributed by atoms with van der Waals surface area (Å²) in [5.74, 6) is -0.500. The second kappa shape index (κ2) is 4.89. The van der Waals surface area contributed by atoms with Crippen molar-refractivity contribution in [2.24, 2.45) is 5.92 Å². The van der Waals surface area contributed by atoms with Gasteiger partial charge >= 0.3 is 0 Å². The van der Waals surface area contributed by atoms with Gasteiger partial charge in [0, 0.05) is 25.3 Å². The Bertz CT molecular complexity index is 370. The average Bonchev–Trinajstić information content (AvgIpc) is 2.71. The molecule has 0 aromatic heterocycles. The van der Waals surface area contributed by atoms with E-state index in [1.165, 1.54) is 6.07 Å². The fourth-order valence-electron chi connectivity index (χ4n) is 2.11. The summed E-state index contributed by atoms with van der Waals surface area (Å²) in [4.78, 5) is 2.04. The maximum atomic E-state index is 13.4. The Kier molecular flexibility index (Phi) is 3.51. The minimum absolute atomic E-state index is 0.169. The van der Waals surface area contributed by atoms with E-state index in [0.717, 1.165) is 31.6 Å². The van der Waals surface area contributed by atoms with Crippen LogP contribution in [0.5, 0.6) is 0 Å². The van der Waals surface area contributed by atoms with Gasteiger partial charge < -0.3 is 5.11 Å². The van der Waals surface area contributed by atoms with Crippen LogP contribution in [0.4, 0.5) is 8.78 Å². The lowest BCUT2D eigenvalue weighted by molar-refractivity contribution is 0.219. The van der Waals surface area contributed by atoms with Crippen LogP contribution in [0.25, 0.3) is 0 Å². The van der Waals surface area contributed by atoms with Gasteiger partial charge in [0.1, 0.15) is 11.6 Å². The number of nitrogens with zero attached hydrogens (tertiary/aromatic N) is 1. The Morgan fingerprint density at radius 2 is 2.19 bits per heavy atom. The zero-order valence-electron chi connectivity index (χ0n) is 9.00. The van der Waals surface area contributed by atoms with E-state index in [-0.39, 0.29) is 18.3 Å². The highest BCUT2D eigenvalue weighted by Gasteiger charge is 2.22. The molecular formula is C12H15F2NO. The van der Waals surface area contributed by atoms with Crippen LogP contribution >= 0.6 is 0 Å². The molecule has 4 heteroatoms. The number of benzene rings is 1. The van der Waals surface area contributed by atoms with E-state index >= 15 is 0 Å². The number of aliphatic hydroxyl groups excluding tert-OH is 1. The molecule has 1 N–H and O–H groups in total. The number of aliphatic hydroxyl groups is 1. The van der Waals surface area contributed by atoms with Crippen LogP contribution in [0.15, 0.2) is 18.2 Å². The SMILES string of the molecule is OC[C@@H]1CCN(Cc2cc(F)ccc2F)C1. The van der Waals surface area contributed by atoms with Gasteiger partial charge in [-0.05, 0) is 37.1 Å². The first-order chi connectivity index (χ1) is 7.69. The normalized spacial score (nSPS) is 21.6. The number of hydrogen-bond acceptors (Lipinski definition) is 2. The zero-order valence-corrected chi connectivity index (χ0v) is 9.00. The average molecular weight is 227 g/mol. The molecule has 1 aromatic rings. The molecule has 0 saturated carbocycles. The van der Waals surface area contributed by atoms with E-state index in [9.17, 15) is 8.78 Å². The zero-order chi connectivity index (χ0) is 11.5. The van der Waals surface area contributed by atoms with Crippen molar-refractivity contribution < 1.29 is 13.9 Å². The van der Waals surface area contributed by atoms with Gasteiger partial charge in [-0.15, -0.1) is 0 Å². The van der Waals surface area contributed by atoms with Crippen molar-refractivity contribution in [3.63, 3.8) is 0 Å². The highest BCUT2D eigenvalue weighted by atomic mass is 19.1. The second-order valence-electron chi connectivity index (χ2n) is 4.31. The maximum Gasteiger partial charge on any atom is 0.127 e. The van der Waals surface area contributed by atoms with Gasteiger partial charge in [0.25, 0.3) is 0 Å². The summed E-state index contributed by atoms with van der Waals surface area (Å²) >= 11 is 0. The highest BCUT2D eigenvalue weighted by molar-refractivity contribution is 5.18. The third-order valence-corrected chi connectivity index (χ3v) is 3.03.